The van der Waals surface area contributed by atoms with E-state index in [4.69, 9.17) is 11.5 Å². The summed E-state index contributed by atoms with van der Waals surface area (Å²) in [6, 6.07) is 0.576. The lowest BCUT2D eigenvalue weighted by Gasteiger charge is -2.58. The van der Waals surface area contributed by atoms with Gasteiger partial charge in [0.1, 0.15) is 0 Å². The topological polar surface area (TPSA) is 72.3 Å². The van der Waals surface area contributed by atoms with Crippen LogP contribution in [0.3, 0.4) is 0 Å². The second kappa shape index (κ2) is 5.82. The van der Waals surface area contributed by atoms with Crippen LogP contribution >= 0.6 is 0 Å². The molecular weight excluding hydrogens is 296 g/mol. The minimum atomic E-state index is 0.0993. The molecule has 3 nitrogen and oxygen atoms in total. The van der Waals surface area contributed by atoms with Crippen LogP contribution in [0.1, 0.15) is 65.2 Å². The van der Waals surface area contributed by atoms with Crippen LogP contribution < -0.4 is 11.5 Å². The van der Waals surface area contributed by atoms with E-state index in [1.54, 1.807) is 5.57 Å². The van der Waals surface area contributed by atoms with Crippen LogP contribution in [0.5, 0.6) is 0 Å². The Morgan fingerprint density at radius 1 is 1.21 bits per heavy atom. The molecule has 4 aliphatic rings. The third-order valence-corrected chi connectivity index (χ3v) is 8.85. The second-order valence-electron chi connectivity index (χ2n) is 9.74. The zero-order valence-electron chi connectivity index (χ0n) is 15.5. The summed E-state index contributed by atoms with van der Waals surface area (Å²) >= 11 is 0. The predicted octanol–water partition coefficient (Wildman–Crippen LogP) is 3.21. The monoisotopic (exact) mass is 332 g/mol. The number of rotatable bonds is 2. The van der Waals surface area contributed by atoms with Gasteiger partial charge in [0.2, 0.25) is 0 Å². The van der Waals surface area contributed by atoms with Crippen molar-refractivity contribution in [3.05, 3.63) is 11.6 Å². The van der Waals surface area contributed by atoms with Gasteiger partial charge in [-0.25, -0.2) is 0 Å². The third kappa shape index (κ3) is 2.20. The number of allylic oxidation sites excluding steroid dienone is 1. The summed E-state index contributed by atoms with van der Waals surface area (Å²) in [5.41, 5.74) is 14.7. The number of hydrogen-bond donors (Lipinski definition) is 3. The number of aliphatic hydroxyl groups excluding tert-OH is 1. The largest absolute Gasteiger partial charge is 0.396 e. The van der Waals surface area contributed by atoms with Crippen molar-refractivity contribution in [2.24, 2.45) is 46.0 Å². The van der Waals surface area contributed by atoms with Crippen molar-refractivity contribution in [3.8, 4) is 0 Å². The molecule has 0 saturated heterocycles. The summed E-state index contributed by atoms with van der Waals surface area (Å²) in [5.74, 6) is 2.72. The quantitative estimate of drug-likeness (QED) is 0.680. The number of fused-ring (bicyclic) bond motifs is 5. The minimum Gasteiger partial charge on any atom is -0.396 e. The van der Waals surface area contributed by atoms with Crippen LogP contribution in [0.2, 0.25) is 0 Å². The van der Waals surface area contributed by atoms with Crippen molar-refractivity contribution in [2.75, 3.05) is 6.61 Å². The molecule has 136 valence electrons. The van der Waals surface area contributed by atoms with Crippen molar-refractivity contribution in [2.45, 2.75) is 77.3 Å². The van der Waals surface area contributed by atoms with Crippen LogP contribution in [0.25, 0.3) is 0 Å². The summed E-state index contributed by atoms with van der Waals surface area (Å²) in [6.45, 7) is 5.01. The molecule has 0 bridgehead atoms. The van der Waals surface area contributed by atoms with E-state index in [9.17, 15) is 5.11 Å². The SMILES string of the molecule is CC(N)C1CCC2C3CC=C4C[C@@H](N)CCC4(C)C3CCC12CO. The maximum absolute atomic E-state index is 10.4. The Labute approximate surface area is 147 Å². The Balaban J connectivity index is 1.67. The third-order valence-electron chi connectivity index (χ3n) is 8.85. The normalized spacial score (nSPS) is 52.0. The molecule has 3 fully saturated rings. The molecule has 7 unspecified atom stereocenters. The minimum absolute atomic E-state index is 0.0993. The summed E-state index contributed by atoms with van der Waals surface area (Å²) in [4.78, 5) is 0. The molecule has 4 rings (SSSR count). The van der Waals surface area contributed by atoms with Gasteiger partial charge < -0.3 is 16.6 Å². The fourth-order valence-corrected chi connectivity index (χ4v) is 7.64. The fourth-order valence-electron chi connectivity index (χ4n) is 7.64. The van der Waals surface area contributed by atoms with E-state index < -0.39 is 0 Å². The molecule has 0 heterocycles. The van der Waals surface area contributed by atoms with Crippen molar-refractivity contribution >= 4 is 0 Å². The maximum atomic E-state index is 10.4. The molecule has 5 N–H and O–H groups in total. The standard InChI is InChI=1S/C21H36N2O/c1-13(22)17-5-6-19-16-4-3-14-11-15(23)7-9-20(14,2)18(16)8-10-21(17,19)12-24/h3,13,15-19,24H,4-12,22-23H2,1-2H3/t13?,15-,16?,17?,18?,19?,20?,21?/m0/s1. The van der Waals surface area contributed by atoms with Crippen LogP contribution in [0.15, 0.2) is 11.6 Å². The number of aliphatic hydroxyl groups is 1. The van der Waals surface area contributed by atoms with Crippen molar-refractivity contribution in [1.82, 2.24) is 0 Å². The Morgan fingerprint density at radius 2 is 2.00 bits per heavy atom. The van der Waals surface area contributed by atoms with Gasteiger partial charge in [0.05, 0.1) is 0 Å². The molecule has 0 radical (unpaired) electrons. The highest BCUT2D eigenvalue weighted by molar-refractivity contribution is 5.26. The van der Waals surface area contributed by atoms with Gasteiger partial charge in [0, 0.05) is 24.1 Å². The van der Waals surface area contributed by atoms with Crippen LogP contribution in [0, 0.1) is 34.5 Å². The van der Waals surface area contributed by atoms with E-state index in [0.717, 1.165) is 18.3 Å². The van der Waals surface area contributed by atoms with Gasteiger partial charge in [-0.1, -0.05) is 18.6 Å². The average Bonchev–Trinajstić information content (AvgIpc) is 2.95. The Hall–Kier alpha value is -0.380. The molecule has 0 aliphatic heterocycles. The van der Waals surface area contributed by atoms with E-state index in [2.05, 4.69) is 19.9 Å². The highest BCUT2D eigenvalue weighted by Gasteiger charge is 2.60. The first-order chi connectivity index (χ1) is 11.4. The maximum Gasteiger partial charge on any atom is 0.0493 e. The molecule has 4 aliphatic carbocycles. The summed E-state index contributed by atoms with van der Waals surface area (Å²) in [5, 5.41) is 10.4. The molecule has 0 aromatic rings. The van der Waals surface area contributed by atoms with E-state index in [1.165, 1.54) is 44.9 Å². The first-order valence-corrected chi connectivity index (χ1v) is 10.2. The first kappa shape index (κ1) is 17.1. The van der Waals surface area contributed by atoms with Gasteiger partial charge in [-0.05, 0) is 87.4 Å². The molecule has 3 heteroatoms. The van der Waals surface area contributed by atoms with Gasteiger partial charge in [0.25, 0.3) is 0 Å². The molecule has 24 heavy (non-hydrogen) atoms. The van der Waals surface area contributed by atoms with E-state index in [-0.39, 0.29) is 11.5 Å². The smallest absolute Gasteiger partial charge is 0.0493 e. The molecule has 0 amide bonds. The van der Waals surface area contributed by atoms with E-state index in [1.807, 2.05) is 0 Å². The highest BCUT2D eigenvalue weighted by atomic mass is 16.3. The zero-order valence-corrected chi connectivity index (χ0v) is 15.5. The van der Waals surface area contributed by atoms with Gasteiger partial charge in [-0.2, -0.15) is 0 Å². The fraction of sp³-hybridized carbons (Fsp3) is 0.905. The first-order valence-electron chi connectivity index (χ1n) is 10.2. The number of nitrogens with two attached hydrogens (primary N) is 2. The molecular formula is C21H36N2O. The molecule has 0 aromatic heterocycles. The number of hydrogen-bond acceptors (Lipinski definition) is 3. The lowest BCUT2D eigenvalue weighted by molar-refractivity contribution is -0.0802. The summed E-state index contributed by atoms with van der Waals surface area (Å²) in [6.07, 6.45) is 12.2. The zero-order chi connectivity index (χ0) is 17.1. The molecule has 0 spiro atoms. The highest BCUT2D eigenvalue weighted by Crippen LogP contribution is 2.66. The Bertz CT molecular complexity index is 530. The molecule has 0 aromatic carbocycles. The predicted molar refractivity (Wildman–Crippen MR) is 98.2 cm³/mol. The van der Waals surface area contributed by atoms with Gasteiger partial charge in [0.15, 0.2) is 0 Å². The van der Waals surface area contributed by atoms with Gasteiger partial charge in [-0.3, -0.25) is 0 Å². The van der Waals surface area contributed by atoms with Crippen molar-refractivity contribution in [1.29, 1.82) is 0 Å². The van der Waals surface area contributed by atoms with Crippen LogP contribution in [-0.4, -0.2) is 23.8 Å². The average molecular weight is 333 g/mol. The lowest BCUT2D eigenvalue weighted by atomic mass is 9.47. The van der Waals surface area contributed by atoms with E-state index in [0.29, 0.717) is 29.9 Å². The van der Waals surface area contributed by atoms with Gasteiger partial charge >= 0.3 is 0 Å². The van der Waals surface area contributed by atoms with Crippen molar-refractivity contribution < 1.29 is 5.11 Å². The Kier molecular flexibility index (Phi) is 4.14. The van der Waals surface area contributed by atoms with Crippen molar-refractivity contribution in [3.63, 3.8) is 0 Å². The summed E-state index contributed by atoms with van der Waals surface area (Å²) in [7, 11) is 0. The second-order valence-corrected chi connectivity index (χ2v) is 9.74. The summed E-state index contributed by atoms with van der Waals surface area (Å²) < 4.78 is 0. The van der Waals surface area contributed by atoms with Gasteiger partial charge in [-0.15, -0.1) is 0 Å². The van der Waals surface area contributed by atoms with E-state index >= 15 is 0 Å². The lowest BCUT2D eigenvalue weighted by Crippen LogP contribution is -2.54. The Morgan fingerprint density at radius 3 is 2.71 bits per heavy atom. The van der Waals surface area contributed by atoms with Crippen LogP contribution in [0.4, 0.5) is 0 Å². The molecule has 3 saturated carbocycles. The van der Waals surface area contributed by atoms with Crippen LogP contribution in [-0.2, 0) is 0 Å². The molecule has 8 atom stereocenters.